The molecule has 1 aliphatic rings. The fourth-order valence-corrected chi connectivity index (χ4v) is 3.31. The summed E-state index contributed by atoms with van der Waals surface area (Å²) < 4.78 is 6.47. The normalized spacial score (nSPS) is 18.3. The number of guanidine groups is 1. The maximum absolute atomic E-state index is 5.33. The van der Waals surface area contributed by atoms with Crippen molar-refractivity contribution in [1.82, 2.24) is 10.6 Å². The predicted octanol–water partition coefficient (Wildman–Crippen LogP) is 2.99. The van der Waals surface area contributed by atoms with Gasteiger partial charge in [-0.15, -0.1) is 0 Å². The molecule has 0 amide bonds. The Bertz CT molecular complexity index is 656. The maximum atomic E-state index is 5.33. The number of hydrogen-bond donors (Lipinski definition) is 2. The van der Waals surface area contributed by atoms with Gasteiger partial charge in [0.15, 0.2) is 5.96 Å². The van der Waals surface area contributed by atoms with Gasteiger partial charge in [-0.05, 0) is 46.6 Å². The Labute approximate surface area is 144 Å². The highest BCUT2D eigenvalue weighted by atomic mass is 79.9. The Morgan fingerprint density at radius 3 is 2.96 bits per heavy atom. The molecule has 1 unspecified atom stereocenters. The summed E-state index contributed by atoms with van der Waals surface area (Å²) in [4.78, 5) is 6.68. The summed E-state index contributed by atoms with van der Waals surface area (Å²) in [6.45, 7) is 2.63. The van der Waals surface area contributed by atoms with Crippen LogP contribution in [0, 0.1) is 0 Å². The summed E-state index contributed by atoms with van der Waals surface area (Å²) in [5, 5.41) is 6.77. The van der Waals surface area contributed by atoms with Crippen LogP contribution >= 0.6 is 15.9 Å². The zero-order chi connectivity index (χ0) is 16.1. The maximum Gasteiger partial charge on any atom is 0.191 e. The number of anilines is 1. The highest BCUT2D eigenvalue weighted by Crippen LogP contribution is 2.28. The van der Waals surface area contributed by atoms with E-state index in [0.29, 0.717) is 12.6 Å². The SMILES string of the molecule is CN=C(NCc1ccco1)NC1CCN(c2ccccc2Br)C1. The lowest BCUT2D eigenvalue weighted by molar-refractivity contribution is 0.500. The second-order valence-corrected chi connectivity index (χ2v) is 6.39. The van der Waals surface area contributed by atoms with E-state index in [1.54, 1.807) is 13.3 Å². The van der Waals surface area contributed by atoms with Gasteiger partial charge < -0.3 is 20.0 Å². The fraction of sp³-hybridized carbons (Fsp3) is 0.353. The lowest BCUT2D eigenvalue weighted by atomic mass is 10.3. The van der Waals surface area contributed by atoms with E-state index in [-0.39, 0.29) is 0 Å². The number of rotatable bonds is 4. The number of benzene rings is 1. The Morgan fingerprint density at radius 1 is 1.35 bits per heavy atom. The molecule has 5 nitrogen and oxygen atoms in total. The summed E-state index contributed by atoms with van der Waals surface area (Å²) in [7, 11) is 1.79. The summed E-state index contributed by atoms with van der Waals surface area (Å²) in [6, 6.07) is 12.6. The number of para-hydroxylation sites is 1. The molecule has 1 aromatic heterocycles. The van der Waals surface area contributed by atoms with Crippen LogP contribution in [0.15, 0.2) is 56.5 Å². The van der Waals surface area contributed by atoms with Gasteiger partial charge in [0.1, 0.15) is 5.76 Å². The molecule has 1 saturated heterocycles. The molecule has 1 atom stereocenters. The van der Waals surface area contributed by atoms with E-state index >= 15 is 0 Å². The number of nitrogens with one attached hydrogen (secondary N) is 2. The standard InChI is InChI=1S/C17H21BrN4O/c1-19-17(20-11-14-5-4-10-23-14)21-13-8-9-22(12-13)16-7-3-2-6-15(16)18/h2-7,10,13H,8-9,11-12H2,1H3,(H2,19,20,21). The van der Waals surface area contributed by atoms with Gasteiger partial charge >= 0.3 is 0 Å². The molecule has 0 spiro atoms. The third-order valence-corrected chi connectivity index (χ3v) is 4.63. The van der Waals surface area contributed by atoms with Crippen LogP contribution in [0.4, 0.5) is 5.69 Å². The molecule has 2 aromatic rings. The molecular formula is C17H21BrN4O. The zero-order valence-electron chi connectivity index (χ0n) is 13.1. The van der Waals surface area contributed by atoms with Crippen molar-refractivity contribution in [1.29, 1.82) is 0 Å². The Balaban J connectivity index is 1.53. The van der Waals surface area contributed by atoms with Crippen molar-refractivity contribution in [2.75, 3.05) is 25.0 Å². The predicted molar refractivity (Wildman–Crippen MR) is 96.8 cm³/mol. The summed E-state index contributed by atoms with van der Waals surface area (Å²) in [6.07, 6.45) is 2.77. The molecule has 1 aromatic carbocycles. The van der Waals surface area contributed by atoms with Gasteiger partial charge in [0.2, 0.25) is 0 Å². The van der Waals surface area contributed by atoms with Crippen molar-refractivity contribution in [3.63, 3.8) is 0 Å². The first-order chi connectivity index (χ1) is 11.3. The molecule has 122 valence electrons. The van der Waals surface area contributed by atoms with E-state index in [2.05, 4.69) is 54.7 Å². The highest BCUT2D eigenvalue weighted by Gasteiger charge is 2.24. The van der Waals surface area contributed by atoms with Crippen LogP contribution in [0.5, 0.6) is 0 Å². The number of furan rings is 1. The molecule has 0 aliphatic carbocycles. The summed E-state index contributed by atoms with van der Waals surface area (Å²) >= 11 is 3.63. The smallest absolute Gasteiger partial charge is 0.191 e. The largest absolute Gasteiger partial charge is 0.467 e. The van der Waals surface area contributed by atoms with E-state index in [1.165, 1.54) is 5.69 Å². The van der Waals surface area contributed by atoms with Crippen molar-refractivity contribution in [2.24, 2.45) is 4.99 Å². The Morgan fingerprint density at radius 2 is 2.22 bits per heavy atom. The topological polar surface area (TPSA) is 52.8 Å². The van der Waals surface area contributed by atoms with E-state index < -0.39 is 0 Å². The molecule has 0 radical (unpaired) electrons. The van der Waals surface area contributed by atoms with Crippen molar-refractivity contribution < 1.29 is 4.42 Å². The number of halogens is 1. The van der Waals surface area contributed by atoms with E-state index in [4.69, 9.17) is 4.42 Å². The van der Waals surface area contributed by atoms with E-state index in [1.807, 2.05) is 18.2 Å². The average Bonchev–Trinajstić information content (AvgIpc) is 3.23. The minimum absolute atomic E-state index is 0.380. The van der Waals surface area contributed by atoms with Crippen molar-refractivity contribution >= 4 is 27.6 Å². The molecule has 0 bridgehead atoms. The van der Waals surface area contributed by atoms with Crippen LogP contribution in [0.2, 0.25) is 0 Å². The first kappa shape index (κ1) is 15.9. The average molecular weight is 377 g/mol. The van der Waals surface area contributed by atoms with Crippen LogP contribution in [0.3, 0.4) is 0 Å². The Kier molecular flexibility index (Phi) is 5.23. The van der Waals surface area contributed by atoms with Crippen LogP contribution in [-0.2, 0) is 6.54 Å². The lowest BCUT2D eigenvalue weighted by Gasteiger charge is -2.21. The molecule has 3 rings (SSSR count). The van der Waals surface area contributed by atoms with Gasteiger partial charge in [0.25, 0.3) is 0 Å². The van der Waals surface area contributed by atoms with Crippen molar-refractivity contribution in [2.45, 2.75) is 19.0 Å². The second kappa shape index (κ2) is 7.55. The van der Waals surface area contributed by atoms with Gasteiger partial charge in [0, 0.05) is 30.7 Å². The highest BCUT2D eigenvalue weighted by molar-refractivity contribution is 9.10. The minimum Gasteiger partial charge on any atom is -0.467 e. The number of aliphatic imine (C=N–C) groups is 1. The van der Waals surface area contributed by atoms with Crippen molar-refractivity contribution in [3.8, 4) is 0 Å². The number of nitrogens with zero attached hydrogens (tertiary/aromatic N) is 2. The molecular weight excluding hydrogens is 356 g/mol. The summed E-state index contributed by atoms with van der Waals surface area (Å²) in [5.74, 6) is 1.70. The third-order valence-electron chi connectivity index (χ3n) is 3.96. The quantitative estimate of drug-likeness (QED) is 0.636. The molecule has 1 fully saturated rings. The molecule has 23 heavy (non-hydrogen) atoms. The van der Waals surface area contributed by atoms with Gasteiger partial charge in [0.05, 0.1) is 18.5 Å². The van der Waals surface area contributed by atoms with Gasteiger partial charge in [-0.1, -0.05) is 12.1 Å². The van der Waals surface area contributed by atoms with E-state index in [0.717, 1.165) is 35.7 Å². The van der Waals surface area contributed by atoms with Crippen molar-refractivity contribution in [3.05, 3.63) is 52.9 Å². The van der Waals surface area contributed by atoms with Crippen LogP contribution in [0.1, 0.15) is 12.2 Å². The van der Waals surface area contributed by atoms with Crippen LogP contribution in [-0.4, -0.2) is 32.1 Å². The second-order valence-electron chi connectivity index (χ2n) is 5.53. The lowest BCUT2D eigenvalue weighted by Crippen LogP contribution is -2.44. The molecule has 2 heterocycles. The first-order valence-corrected chi connectivity index (χ1v) is 8.54. The molecule has 0 saturated carbocycles. The van der Waals surface area contributed by atoms with Crippen LogP contribution < -0.4 is 15.5 Å². The summed E-state index contributed by atoms with van der Waals surface area (Å²) in [5.41, 5.74) is 1.25. The number of hydrogen-bond acceptors (Lipinski definition) is 3. The van der Waals surface area contributed by atoms with Gasteiger partial charge in [-0.25, -0.2) is 0 Å². The molecule has 6 heteroatoms. The third kappa shape index (κ3) is 4.07. The van der Waals surface area contributed by atoms with E-state index in [9.17, 15) is 0 Å². The Hall–Kier alpha value is -1.95. The van der Waals surface area contributed by atoms with Gasteiger partial charge in [-0.2, -0.15) is 0 Å². The zero-order valence-corrected chi connectivity index (χ0v) is 14.7. The fourth-order valence-electron chi connectivity index (χ4n) is 2.78. The minimum atomic E-state index is 0.380. The first-order valence-electron chi connectivity index (χ1n) is 7.75. The molecule has 2 N–H and O–H groups in total. The monoisotopic (exact) mass is 376 g/mol. The van der Waals surface area contributed by atoms with Gasteiger partial charge in [-0.3, -0.25) is 4.99 Å². The molecule has 1 aliphatic heterocycles. The van der Waals surface area contributed by atoms with Crippen LogP contribution in [0.25, 0.3) is 0 Å².